The lowest BCUT2D eigenvalue weighted by atomic mass is 9.64. The summed E-state index contributed by atoms with van der Waals surface area (Å²) >= 11 is 0. The van der Waals surface area contributed by atoms with E-state index in [-0.39, 0.29) is 7.43 Å². The Hall–Kier alpha value is 0. The lowest BCUT2D eigenvalue weighted by Gasteiger charge is -2.42. The van der Waals surface area contributed by atoms with E-state index in [1.54, 1.807) is 0 Å². The zero-order chi connectivity index (χ0) is 6.20. The molecule has 0 atom stereocenters. The van der Waals surface area contributed by atoms with Gasteiger partial charge < -0.3 is 0 Å². The molecule has 1 aliphatic carbocycles. The van der Waals surface area contributed by atoms with Crippen LogP contribution in [0.5, 0.6) is 0 Å². The summed E-state index contributed by atoms with van der Waals surface area (Å²) in [7, 11) is 0. The van der Waals surface area contributed by atoms with E-state index < -0.39 is 0 Å². The molecule has 1 rings (SSSR count). The summed E-state index contributed by atoms with van der Waals surface area (Å²) in [6, 6.07) is 0. The van der Waals surface area contributed by atoms with E-state index in [9.17, 15) is 0 Å². The number of hydrogen-bond donors (Lipinski definition) is 0. The second-order valence-electron chi connectivity index (χ2n) is 3.66. The Balaban J connectivity index is 0.000000640. The van der Waals surface area contributed by atoms with Crippen molar-refractivity contribution < 1.29 is 0 Å². The molecule has 0 bridgehead atoms. The van der Waals surface area contributed by atoms with E-state index in [1.165, 1.54) is 19.3 Å². The molecule has 0 heteroatoms. The maximum atomic E-state index is 2.40. The number of rotatable bonds is 1. The molecule has 0 saturated heterocycles. The van der Waals surface area contributed by atoms with Crippen molar-refractivity contribution in [1.82, 2.24) is 0 Å². The molecular weight excluding hydrogens is 108 g/mol. The molecule has 0 spiro atoms. The lowest BCUT2D eigenvalue weighted by molar-refractivity contribution is 0.0934. The molecule has 0 radical (unpaired) electrons. The highest BCUT2D eigenvalue weighted by Gasteiger charge is 2.34. The molecule has 1 fully saturated rings. The van der Waals surface area contributed by atoms with Crippen LogP contribution >= 0.6 is 0 Å². The second-order valence-corrected chi connectivity index (χ2v) is 3.66. The van der Waals surface area contributed by atoms with Crippen LogP contribution in [-0.4, -0.2) is 0 Å². The smallest absolute Gasteiger partial charge is 0.0303 e. The SMILES string of the molecule is C.CC(C)C1(C)CCC1. The van der Waals surface area contributed by atoms with Crippen LogP contribution in [0.25, 0.3) is 0 Å². The van der Waals surface area contributed by atoms with Crippen LogP contribution in [-0.2, 0) is 0 Å². The Morgan fingerprint density at radius 3 is 1.67 bits per heavy atom. The summed E-state index contributed by atoms with van der Waals surface area (Å²) in [5, 5.41) is 0. The molecule has 0 aliphatic heterocycles. The Labute approximate surface area is 59.7 Å². The van der Waals surface area contributed by atoms with Crippen molar-refractivity contribution in [2.24, 2.45) is 11.3 Å². The third-order valence-corrected chi connectivity index (χ3v) is 2.89. The van der Waals surface area contributed by atoms with Crippen molar-refractivity contribution >= 4 is 0 Å². The third kappa shape index (κ3) is 1.47. The monoisotopic (exact) mass is 128 g/mol. The summed E-state index contributed by atoms with van der Waals surface area (Å²) in [5.74, 6) is 0.899. The molecule has 1 aliphatic rings. The molecular formula is C9H20. The van der Waals surface area contributed by atoms with Crippen molar-refractivity contribution in [1.29, 1.82) is 0 Å². The van der Waals surface area contributed by atoms with Crippen LogP contribution in [0.3, 0.4) is 0 Å². The van der Waals surface area contributed by atoms with Crippen LogP contribution in [0.1, 0.15) is 47.5 Å². The van der Waals surface area contributed by atoms with E-state index in [2.05, 4.69) is 20.8 Å². The quantitative estimate of drug-likeness (QED) is 0.507. The van der Waals surface area contributed by atoms with Crippen LogP contribution in [0, 0.1) is 11.3 Å². The number of hydrogen-bond acceptors (Lipinski definition) is 0. The highest BCUT2D eigenvalue weighted by atomic mass is 14.4. The van der Waals surface area contributed by atoms with Gasteiger partial charge in [0.25, 0.3) is 0 Å². The maximum Gasteiger partial charge on any atom is -0.0303 e. The predicted octanol–water partition coefficient (Wildman–Crippen LogP) is 3.47. The second kappa shape index (κ2) is 2.72. The summed E-state index contributed by atoms with van der Waals surface area (Å²) in [4.78, 5) is 0. The molecule has 0 nitrogen and oxygen atoms in total. The first-order chi connectivity index (χ1) is 3.65. The van der Waals surface area contributed by atoms with Crippen molar-refractivity contribution in [3.8, 4) is 0 Å². The zero-order valence-corrected chi connectivity index (χ0v) is 6.20. The van der Waals surface area contributed by atoms with Gasteiger partial charge in [-0.25, -0.2) is 0 Å². The van der Waals surface area contributed by atoms with Gasteiger partial charge in [-0.2, -0.15) is 0 Å². The van der Waals surface area contributed by atoms with E-state index in [0.717, 1.165) is 11.3 Å². The molecule has 1 saturated carbocycles. The Morgan fingerprint density at radius 2 is 1.67 bits per heavy atom. The fraction of sp³-hybridized carbons (Fsp3) is 1.00. The van der Waals surface area contributed by atoms with Gasteiger partial charge in [0.15, 0.2) is 0 Å². The van der Waals surface area contributed by atoms with Gasteiger partial charge >= 0.3 is 0 Å². The zero-order valence-electron chi connectivity index (χ0n) is 6.20. The molecule has 0 aromatic carbocycles. The average molecular weight is 128 g/mol. The van der Waals surface area contributed by atoms with Crippen LogP contribution in [0.4, 0.5) is 0 Å². The molecule has 0 unspecified atom stereocenters. The lowest BCUT2D eigenvalue weighted by Crippen LogP contribution is -2.30. The summed E-state index contributed by atoms with van der Waals surface area (Å²) in [5.41, 5.74) is 0.722. The Bertz CT molecular complexity index is 78.0. The van der Waals surface area contributed by atoms with Crippen molar-refractivity contribution in [3.63, 3.8) is 0 Å². The van der Waals surface area contributed by atoms with Gasteiger partial charge in [0.05, 0.1) is 0 Å². The average Bonchev–Trinajstić information content (AvgIpc) is 1.60. The highest BCUT2D eigenvalue weighted by Crippen LogP contribution is 2.46. The highest BCUT2D eigenvalue weighted by molar-refractivity contribution is 4.85. The normalized spacial score (nSPS) is 22.7. The summed E-state index contributed by atoms with van der Waals surface area (Å²) < 4.78 is 0. The third-order valence-electron chi connectivity index (χ3n) is 2.89. The fourth-order valence-electron chi connectivity index (χ4n) is 1.31. The van der Waals surface area contributed by atoms with E-state index in [1.807, 2.05) is 0 Å². The first kappa shape index (κ1) is 9.00. The van der Waals surface area contributed by atoms with Crippen LogP contribution in [0.2, 0.25) is 0 Å². The maximum absolute atomic E-state index is 2.40. The molecule has 0 heterocycles. The summed E-state index contributed by atoms with van der Waals surface area (Å²) in [6.07, 6.45) is 4.39. The van der Waals surface area contributed by atoms with Crippen LogP contribution in [0.15, 0.2) is 0 Å². The van der Waals surface area contributed by atoms with Gasteiger partial charge in [0.2, 0.25) is 0 Å². The minimum Gasteiger partial charge on any atom is -0.0776 e. The fourth-order valence-corrected chi connectivity index (χ4v) is 1.31. The minimum absolute atomic E-state index is 0. The molecule has 0 N–H and O–H groups in total. The van der Waals surface area contributed by atoms with Gasteiger partial charge in [0.1, 0.15) is 0 Å². The molecule has 9 heavy (non-hydrogen) atoms. The van der Waals surface area contributed by atoms with Crippen molar-refractivity contribution in [2.45, 2.75) is 47.5 Å². The summed E-state index contributed by atoms with van der Waals surface area (Å²) in [6.45, 7) is 7.07. The molecule has 56 valence electrons. The van der Waals surface area contributed by atoms with E-state index in [4.69, 9.17) is 0 Å². The molecule has 0 aromatic rings. The molecule has 0 aromatic heterocycles. The largest absolute Gasteiger partial charge is 0.0776 e. The first-order valence-corrected chi connectivity index (χ1v) is 3.65. The van der Waals surface area contributed by atoms with E-state index in [0.29, 0.717) is 0 Å². The Kier molecular flexibility index (Phi) is 2.72. The predicted molar refractivity (Wildman–Crippen MR) is 43.5 cm³/mol. The van der Waals surface area contributed by atoms with Crippen molar-refractivity contribution in [2.75, 3.05) is 0 Å². The standard InChI is InChI=1S/C8H16.CH4/c1-7(2)8(3)5-4-6-8;/h7H,4-6H2,1-3H3;1H4. The van der Waals surface area contributed by atoms with Crippen LogP contribution < -0.4 is 0 Å². The van der Waals surface area contributed by atoms with Gasteiger partial charge in [0, 0.05) is 0 Å². The molecule has 0 amide bonds. The van der Waals surface area contributed by atoms with Gasteiger partial charge in [-0.3, -0.25) is 0 Å². The van der Waals surface area contributed by atoms with Gasteiger partial charge in [-0.1, -0.05) is 34.6 Å². The van der Waals surface area contributed by atoms with Gasteiger partial charge in [-0.15, -0.1) is 0 Å². The first-order valence-electron chi connectivity index (χ1n) is 3.65. The topological polar surface area (TPSA) is 0 Å². The Morgan fingerprint density at radius 1 is 1.22 bits per heavy atom. The van der Waals surface area contributed by atoms with E-state index >= 15 is 0 Å². The van der Waals surface area contributed by atoms with Gasteiger partial charge in [-0.05, 0) is 24.2 Å². The van der Waals surface area contributed by atoms with Crippen molar-refractivity contribution in [3.05, 3.63) is 0 Å². The minimum atomic E-state index is 0.